The molecule has 19 rings (SSSR count). The number of aryl methyl sites for hydroxylation is 5. The maximum absolute atomic E-state index is 11.9. The zero-order chi connectivity index (χ0) is 92.3. The lowest BCUT2D eigenvalue weighted by Crippen LogP contribution is -1.94. The number of hydrogen-bond acceptors (Lipinski definition) is 15. The summed E-state index contributed by atoms with van der Waals surface area (Å²) in [5.74, 6) is -5.22. The van der Waals surface area contributed by atoms with Crippen LogP contribution in [0.5, 0.6) is 57.5 Å². The lowest BCUT2D eigenvalue weighted by atomic mass is 9.94. The summed E-state index contributed by atoms with van der Waals surface area (Å²) < 4.78 is 0. The Kier molecular flexibility index (Phi) is 26.3. The molecule has 131 heavy (non-hydrogen) atoms. The normalized spacial score (nSPS) is 10.8. The minimum atomic E-state index is -0.630. The fourth-order valence-electron chi connectivity index (χ4n) is 16.1. The van der Waals surface area contributed by atoms with Crippen LogP contribution >= 0.6 is 0 Å². The molecular weight excluding hydrogens is 1630 g/mol. The van der Waals surface area contributed by atoms with Gasteiger partial charge in [0.05, 0.1) is 0 Å². The average Bonchev–Trinajstić information content (AvgIpc) is 1.61. The second-order valence-electron chi connectivity index (χ2n) is 31.9. The third-order valence-electron chi connectivity index (χ3n) is 23.0. The maximum atomic E-state index is 11.9. The predicted octanol–water partition coefficient (Wildman–Crippen LogP) is 25.1. The zero-order valence-corrected chi connectivity index (χ0v) is 71.9. The van der Waals surface area contributed by atoms with Gasteiger partial charge in [-0.05, 0) is 308 Å². The molecule has 0 aliphatic heterocycles. The monoisotopic (exact) mass is 1720 g/mol. The summed E-state index contributed by atoms with van der Waals surface area (Å²) >= 11 is 0. The molecule has 642 valence electrons. The van der Waals surface area contributed by atoms with E-state index in [2.05, 4.69) is 109 Å². The molecule has 0 unspecified atom stereocenters. The van der Waals surface area contributed by atoms with Crippen LogP contribution in [0.15, 0.2) is 406 Å². The van der Waals surface area contributed by atoms with Crippen LogP contribution in [0.4, 0.5) is 0 Å². The summed E-state index contributed by atoms with van der Waals surface area (Å²) in [6.45, 7) is 8.93. The van der Waals surface area contributed by atoms with Crippen molar-refractivity contribution in [2.75, 3.05) is 0 Å². The maximum Gasteiger partial charge on any atom is 0.224 e. The summed E-state index contributed by atoms with van der Waals surface area (Å²) in [4.78, 5) is 59.0. The fourth-order valence-corrected chi connectivity index (χ4v) is 16.1. The fraction of sp³-hybridized carbons (Fsp3) is 0.0431. The van der Waals surface area contributed by atoms with Crippen molar-refractivity contribution in [3.63, 3.8) is 0 Å². The first kappa shape index (κ1) is 88.4. The van der Waals surface area contributed by atoms with E-state index in [9.17, 15) is 75.0 Å². The molecule has 0 heterocycles. The number of benzene rings is 14. The van der Waals surface area contributed by atoms with E-state index < -0.39 is 84.6 Å². The van der Waals surface area contributed by atoms with E-state index in [1.165, 1.54) is 98.4 Å². The predicted molar refractivity (Wildman–Crippen MR) is 528 cm³/mol. The van der Waals surface area contributed by atoms with Crippen LogP contribution in [0.2, 0.25) is 0 Å². The molecule has 0 fully saturated rings. The Labute approximate surface area is 754 Å². The van der Waals surface area contributed by atoms with E-state index in [1.54, 1.807) is 34.6 Å². The van der Waals surface area contributed by atoms with E-state index in [0.29, 0.717) is 55.6 Å². The van der Waals surface area contributed by atoms with Crippen molar-refractivity contribution in [2.45, 2.75) is 34.6 Å². The van der Waals surface area contributed by atoms with Gasteiger partial charge < -0.3 is 51.1 Å². The lowest BCUT2D eigenvalue weighted by Gasteiger charge is -2.10. The van der Waals surface area contributed by atoms with Crippen LogP contribution in [-0.2, 0) is 0 Å². The summed E-state index contributed by atoms with van der Waals surface area (Å²) in [5, 5.41) is 108. The highest BCUT2D eigenvalue weighted by molar-refractivity contribution is 5.99. The SMILES string of the molecule is Cc1cc(=O)c(O)c(O)cc1-c1ccc(-c2ccc3ccccc3c2)cc1.Cc1cc(=O)c(O)c(O)cc1-c1ccc(-c2cccc3ccccc23)cc1.Cc1cc(=O)c(O)c(O)cc1-c1cccc(-c2ccc3ccccc3c2)c1.Cc1cc(=O)c(O)c(O)cc1-c1cccc(-c2cccc3ccccc23)c1.Cc1cc(=O)c(O)c(O)cc1-c1cccc(-c2ccccc2)c1. The highest BCUT2D eigenvalue weighted by Gasteiger charge is 2.18. The summed E-state index contributed by atoms with van der Waals surface area (Å²) in [6, 6.07) is 121. The van der Waals surface area contributed by atoms with Crippen molar-refractivity contribution in [3.8, 4) is 169 Å². The molecule has 0 aliphatic carbocycles. The van der Waals surface area contributed by atoms with Gasteiger partial charge in [0, 0.05) is 0 Å². The smallest absolute Gasteiger partial charge is 0.224 e. The van der Waals surface area contributed by atoms with Gasteiger partial charge in [0.1, 0.15) is 0 Å². The van der Waals surface area contributed by atoms with Crippen LogP contribution in [0.3, 0.4) is 0 Å². The van der Waals surface area contributed by atoms with Gasteiger partial charge in [-0.15, -0.1) is 0 Å². The molecule has 15 heteroatoms. The summed E-state index contributed by atoms with van der Waals surface area (Å²) in [5.41, 5.74) is 19.2. The Morgan fingerprint density at radius 1 is 0.145 bits per heavy atom. The van der Waals surface area contributed by atoms with E-state index in [1.807, 2.05) is 212 Å². The summed E-state index contributed by atoms with van der Waals surface area (Å²) in [7, 11) is 0. The molecule has 0 saturated carbocycles. The van der Waals surface area contributed by atoms with E-state index in [-0.39, 0.29) is 0 Å². The number of rotatable bonds is 10. The van der Waals surface area contributed by atoms with Crippen LogP contribution in [0.1, 0.15) is 27.8 Å². The third kappa shape index (κ3) is 20.0. The third-order valence-corrected chi connectivity index (χ3v) is 23.0. The quantitative estimate of drug-likeness (QED) is 0.0609. The van der Waals surface area contributed by atoms with Crippen molar-refractivity contribution in [1.82, 2.24) is 0 Å². The molecule has 0 radical (unpaired) electrons. The first-order valence-electron chi connectivity index (χ1n) is 42.1. The highest BCUT2D eigenvalue weighted by Crippen LogP contribution is 2.41. The van der Waals surface area contributed by atoms with E-state index in [4.69, 9.17) is 0 Å². The summed E-state index contributed by atoms with van der Waals surface area (Å²) in [6.07, 6.45) is 0. The van der Waals surface area contributed by atoms with Crippen LogP contribution < -0.4 is 27.1 Å². The van der Waals surface area contributed by atoms with E-state index in [0.717, 1.165) is 88.8 Å². The molecule has 19 aromatic rings. The first-order valence-corrected chi connectivity index (χ1v) is 42.1. The molecule has 0 spiro atoms. The van der Waals surface area contributed by atoms with Crippen molar-refractivity contribution in [3.05, 3.63) is 461 Å². The average molecular weight is 1720 g/mol. The van der Waals surface area contributed by atoms with Gasteiger partial charge in [0.2, 0.25) is 55.9 Å². The van der Waals surface area contributed by atoms with Crippen LogP contribution in [0.25, 0.3) is 154 Å². The topological polar surface area (TPSA) is 288 Å². The first-order chi connectivity index (χ1) is 63.2. The minimum Gasteiger partial charge on any atom is -0.504 e. The van der Waals surface area contributed by atoms with Gasteiger partial charge in [-0.1, -0.05) is 291 Å². The molecule has 0 saturated heterocycles. The van der Waals surface area contributed by atoms with Gasteiger partial charge in [-0.2, -0.15) is 0 Å². The Morgan fingerprint density at radius 2 is 0.351 bits per heavy atom. The lowest BCUT2D eigenvalue weighted by molar-refractivity contribution is 0.402. The van der Waals surface area contributed by atoms with Crippen LogP contribution in [-0.4, -0.2) is 51.1 Å². The second kappa shape index (κ2) is 39.0. The van der Waals surface area contributed by atoms with Crippen molar-refractivity contribution in [1.29, 1.82) is 0 Å². The van der Waals surface area contributed by atoms with Gasteiger partial charge in [0.25, 0.3) is 0 Å². The molecule has 10 N–H and O–H groups in total. The van der Waals surface area contributed by atoms with Crippen molar-refractivity contribution in [2.24, 2.45) is 0 Å². The Morgan fingerprint density at radius 3 is 0.702 bits per heavy atom. The Balaban J connectivity index is 0.000000126. The molecule has 0 aromatic heterocycles. The van der Waals surface area contributed by atoms with Gasteiger partial charge in [-0.25, -0.2) is 0 Å². The number of hydrogen-bond donors (Lipinski definition) is 10. The standard InChI is InChI=1S/4C24H18O3.C20H16O3/c1-15-12-22(25)24(27)23(26)14-21(15)18-9-4-8-17(13-18)20-11-5-7-16-6-2-3-10-19(16)20;1-15-13-22(25)24(27)23(26)14-21(15)18-11-9-17(10-12-18)20-8-4-6-16-5-2-3-7-19(16)20;1-15-11-22(25)24(27)23(26)14-21(15)20-8-4-7-18(13-20)19-10-9-16-5-2-3-6-17(16)12-19;1-15-12-22(25)24(27)23(26)14-21(15)18-9-6-17(7-10-18)20-11-8-16-4-2-3-5-19(16)13-20;1-13-10-18(21)20(23)19(22)12-17(13)16-9-5-8-15(11-16)14-6-3-2-4-7-14/h4*2-14H,1H3,(H2,25,26,27);2-12H,1H3,(H2,21,22,23). The highest BCUT2D eigenvalue weighted by atomic mass is 16.3. The van der Waals surface area contributed by atoms with E-state index >= 15 is 0 Å². The molecule has 0 amide bonds. The molecule has 15 nitrogen and oxygen atoms in total. The van der Waals surface area contributed by atoms with Gasteiger partial charge in [-0.3, -0.25) is 24.0 Å². The second-order valence-corrected chi connectivity index (χ2v) is 31.9. The molecule has 0 aliphatic rings. The largest absolute Gasteiger partial charge is 0.504 e. The van der Waals surface area contributed by atoms with Crippen LogP contribution in [0, 0.1) is 34.6 Å². The molecule has 19 aromatic carbocycles. The molecular formula is C116H88O15. The number of fused-ring (bicyclic) bond motifs is 4. The zero-order valence-electron chi connectivity index (χ0n) is 71.9. The Bertz CT molecular complexity index is 7930. The minimum absolute atomic E-state index is 0.414. The van der Waals surface area contributed by atoms with Gasteiger partial charge >= 0.3 is 0 Å². The molecule has 0 atom stereocenters. The van der Waals surface area contributed by atoms with Crippen molar-refractivity contribution >= 4 is 43.1 Å². The Hall–Kier alpha value is -17.4. The van der Waals surface area contributed by atoms with Crippen molar-refractivity contribution < 1.29 is 51.1 Å². The number of aromatic hydroxyl groups is 10. The molecule has 0 bridgehead atoms. The van der Waals surface area contributed by atoms with Gasteiger partial charge in [0.15, 0.2) is 28.7 Å².